The van der Waals surface area contributed by atoms with Crippen LogP contribution in [0.2, 0.25) is 5.02 Å². The number of carboxylic acid groups (broad SMARTS) is 1. The fraction of sp³-hybridized carbons (Fsp3) is 0.0455. The molecule has 1 heterocycles. The van der Waals surface area contributed by atoms with Crippen LogP contribution in [0, 0.1) is 17.5 Å². The zero-order chi connectivity index (χ0) is 20.7. The summed E-state index contributed by atoms with van der Waals surface area (Å²) in [6.07, 6.45) is 0. The van der Waals surface area contributed by atoms with E-state index in [9.17, 15) is 23.1 Å². The Kier molecular flexibility index (Phi) is 4.80. The highest BCUT2D eigenvalue weighted by Crippen LogP contribution is 2.38. The van der Waals surface area contributed by atoms with E-state index in [1.54, 1.807) is 18.2 Å². The van der Waals surface area contributed by atoms with Crippen LogP contribution in [0.5, 0.6) is 0 Å². The molecule has 0 aliphatic heterocycles. The first-order chi connectivity index (χ1) is 13.9. The first-order valence-electron chi connectivity index (χ1n) is 8.60. The number of fused-ring (bicyclic) bond motifs is 1. The lowest BCUT2D eigenvalue weighted by Gasteiger charge is -2.11. The van der Waals surface area contributed by atoms with Crippen LogP contribution in [0.15, 0.2) is 60.7 Å². The lowest BCUT2D eigenvalue weighted by molar-refractivity contribution is 0.0687. The highest BCUT2D eigenvalue weighted by atomic mass is 35.5. The van der Waals surface area contributed by atoms with Crippen LogP contribution < -0.4 is 0 Å². The van der Waals surface area contributed by atoms with Gasteiger partial charge in [-0.05, 0) is 42.5 Å². The minimum Gasteiger partial charge on any atom is -0.477 e. The van der Waals surface area contributed by atoms with Gasteiger partial charge in [0.25, 0.3) is 0 Å². The van der Waals surface area contributed by atoms with Crippen LogP contribution in [-0.4, -0.2) is 15.6 Å². The van der Waals surface area contributed by atoms with E-state index in [1.807, 2.05) is 0 Å². The summed E-state index contributed by atoms with van der Waals surface area (Å²) in [6, 6.07) is 13.4. The number of aromatic carboxylic acids is 1. The molecule has 0 radical (unpaired) electrons. The Bertz CT molecular complexity index is 1270. The highest BCUT2D eigenvalue weighted by molar-refractivity contribution is 6.31. The van der Waals surface area contributed by atoms with Gasteiger partial charge in [0.15, 0.2) is 0 Å². The largest absolute Gasteiger partial charge is 0.477 e. The molecule has 0 unspecified atom stereocenters. The van der Waals surface area contributed by atoms with Crippen molar-refractivity contribution in [2.45, 2.75) is 6.54 Å². The molecule has 0 spiro atoms. The molecule has 146 valence electrons. The van der Waals surface area contributed by atoms with E-state index in [0.717, 1.165) is 18.2 Å². The average Bonchev–Trinajstić information content (AvgIpc) is 2.98. The number of nitrogens with zero attached hydrogens (tertiary/aromatic N) is 1. The molecule has 29 heavy (non-hydrogen) atoms. The Morgan fingerprint density at radius 3 is 2.45 bits per heavy atom. The van der Waals surface area contributed by atoms with Crippen LogP contribution >= 0.6 is 11.6 Å². The van der Waals surface area contributed by atoms with Crippen LogP contribution in [0.4, 0.5) is 13.2 Å². The van der Waals surface area contributed by atoms with E-state index in [-0.39, 0.29) is 28.9 Å². The maximum Gasteiger partial charge on any atom is 0.353 e. The van der Waals surface area contributed by atoms with Gasteiger partial charge >= 0.3 is 5.97 Å². The molecule has 7 heteroatoms. The van der Waals surface area contributed by atoms with Gasteiger partial charge in [-0.2, -0.15) is 0 Å². The quantitative estimate of drug-likeness (QED) is 0.436. The molecule has 0 atom stereocenters. The van der Waals surface area contributed by atoms with Crippen molar-refractivity contribution in [1.29, 1.82) is 0 Å². The Hall–Kier alpha value is -3.25. The summed E-state index contributed by atoms with van der Waals surface area (Å²) in [6.45, 7) is -0.252. The number of rotatable bonds is 4. The van der Waals surface area contributed by atoms with Gasteiger partial charge < -0.3 is 9.67 Å². The predicted molar refractivity (Wildman–Crippen MR) is 105 cm³/mol. The van der Waals surface area contributed by atoms with Crippen molar-refractivity contribution < 1.29 is 23.1 Å². The van der Waals surface area contributed by atoms with Crippen molar-refractivity contribution in [3.63, 3.8) is 0 Å². The molecule has 0 aliphatic rings. The van der Waals surface area contributed by atoms with Gasteiger partial charge in [-0.1, -0.05) is 29.8 Å². The Morgan fingerprint density at radius 1 is 0.966 bits per heavy atom. The van der Waals surface area contributed by atoms with Gasteiger partial charge in [-0.25, -0.2) is 18.0 Å². The van der Waals surface area contributed by atoms with Gasteiger partial charge in [0.2, 0.25) is 0 Å². The molecule has 0 fully saturated rings. The van der Waals surface area contributed by atoms with Crippen molar-refractivity contribution in [1.82, 2.24) is 4.57 Å². The summed E-state index contributed by atoms with van der Waals surface area (Å²) in [7, 11) is 0. The van der Waals surface area contributed by atoms with Gasteiger partial charge in [0, 0.05) is 32.6 Å². The molecule has 4 rings (SSSR count). The third kappa shape index (κ3) is 3.36. The Balaban J connectivity index is 2.07. The molecule has 4 aromatic rings. The molecule has 3 nitrogen and oxygen atoms in total. The molecule has 1 N–H and O–H groups in total. The molecule has 0 saturated carbocycles. The number of halogens is 4. The Morgan fingerprint density at radius 2 is 1.72 bits per heavy atom. The first-order valence-corrected chi connectivity index (χ1v) is 8.98. The van der Waals surface area contributed by atoms with E-state index < -0.39 is 23.4 Å². The molecule has 0 amide bonds. The minimum atomic E-state index is -1.33. The monoisotopic (exact) mass is 415 g/mol. The van der Waals surface area contributed by atoms with Crippen LogP contribution in [0.25, 0.3) is 22.0 Å². The molecular formula is C22H13ClF3NO2. The van der Waals surface area contributed by atoms with Crippen molar-refractivity contribution in [3.05, 3.63) is 94.4 Å². The minimum absolute atomic E-state index is 0.0283. The average molecular weight is 416 g/mol. The predicted octanol–water partition coefficient (Wildman–Crippen LogP) is 6.13. The van der Waals surface area contributed by atoms with E-state index in [4.69, 9.17) is 11.6 Å². The maximum atomic E-state index is 14.6. The molecule has 0 aliphatic carbocycles. The van der Waals surface area contributed by atoms with Gasteiger partial charge in [0.05, 0.1) is 6.54 Å². The lowest BCUT2D eigenvalue weighted by atomic mass is 10.0. The second-order valence-electron chi connectivity index (χ2n) is 6.49. The molecule has 1 aromatic heterocycles. The number of hydrogen-bond donors (Lipinski definition) is 1. The van der Waals surface area contributed by atoms with Gasteiger partial charge in [-0.3, -0.25) is 0 Å². The normalized spacial score (nSPS) is 11.2. The van der Waals surface area contributed by atoms with E-state index >= 15 is 0 Å². The Labute approximate surface area is 168 Å². The number of carbonyl (C=O) groups is 1. The van der Waals surface area contributed by atoms with E-state index in [0.29, 0.717) is 15.9 Å². The summed E-state index contributed by atoms with van der Waals surface area (Å²) in [5, 5.41) is 10.7. The van der Waals surface area contributed by atoms with Crippen LogP contribution in [-0.2, 0) is 6.54 Å². The summed E-state index contributed by atoms with van der Waals surface area (Å²) in [4.78, 5) is 12.2. The summed E-state index contributed by atoms with van der Waals surface area (Å²) in [5.74, 6) is -3.25. The fourth-order valence-electron chi connectivity index (χ4n) is 3.48. The van der Waals surface area contributed by atoms with Crippen molar-refractivity contribution in [3.8, 4) is 11.1 Å². The number of aromatic nitrogens is 1. The first kappa shape index (κ1) is 19.1. The third-order valence-electron chi connectivity index (χ3n) is 4.71. The van der Waals surface area contributed by atoms with Crippen LogP contribution in [0.3, 0.4) is 0 Å². The smallest absolute Gasteiger partial charge is 0.353 e. The molecule has 0 bridgehead atoms. The standard InChI is InChI=1S/C22H13ClF3NO2/c23-13-5-8-19-16(10-13)20(15-3-1-2-4-18(15)26)21(22(28)29)27(19)11-12-9-14(24)6-7-17(12)25/h1-10H,11H2,(H,28,29). The molecule has 3 aromatic carbocycles. The maximum absolute atomic E-state index is 14.6. The molecule has 0 saturated heterocycles. The van der Waals surface area contributed by atoms with Crippen LogP contribution in [0.1, 0.15) is 16.1 Å². The summed E-state index contributed by atoms with van der Waals surface area (Å²) < 4.78 is 43.8. The lowest BCUT2D eigenvalue weighted by Crippen LogP contribution is -2.12. The van der Waals surface area contributed by atoms with Crippen molar-refractivity contribution in [2.24, 2.45) is 0 Å². The zero-order valence-electron chi connectivity index (χ0n) is 14.8. The number of hydrogen-bond acceptors (Lipinski definition) is 1. The van der Waals surface area contributed by atoms with Gasteiger partial charge in [0.1, 0.15) is 23.1 Å². The second kappa shape index (κ2) is 7.29. The van der Waals surface area contributed by atoms with Crippen molar-refractivity contribution in [2.75, 3.05) is 0 Å². The SMILES string of the molecule is O=C(O)c1c(-c2ccccc2F)c2cc(Cl)ccc2n1Cc1cc(F)ccc1F. The zero-order valence-corrected chi connectivity index (χ0v) is 15.6. The third-order valence-corrected chi connectivity index (χ3v) is 4.94. The topological polar surface area (TPSA) is 42.2 Å². The second-order valence-corrected chi connectivity index (χ2v) is 6.93. The molecular weight excluding hydrogens is 403 g/mol. The van der Waals surface area contributed by atoms with E-state index in [2.05, 4.69) is 0 Å². The van der Waals surface area contributed by atoms with E-state index in [1.165, 1.54) is 28.8 Å². The van der Waals surface area contributed by atoms with Gasteiger partial charge in [-0.15, -0.1) is 0 Å². The fourth-order valence-corrected chi connectivity index (χ4v) is 3.66. The summed E-state index contributed by atoms with van der Waals surface area (Å²) in [5.41, 5.74) is 0.352. The van der Waals surface area contributed by atoms with Crippen molar-refractivity contribution >= 4 is 28.5 Å². The number of carboxylic acids is 1. The highest BCUT2D eigenvalue weighted by Gasteiger charge is 2.26. The number of benzene rings is 3. The summed E-state index contributed by atoms with van der Waals surface area (Å²) >= 11 is 6.11.